The summed E-state index contributed by atoms with van der Waals surface area (Å²) in [6.45, 7) is 1.11. The molecule has 6 nitrogen and oxygen atoms in total. The number of hydrogen-bond donors (Lipinski definition) is 1. The number of aromatic nitrogens is 2. The summed E-state index contributed by atoms with van der Waals surface area (Å²) in [6.07, 6.45) is 0.936. The number of hydrogen-bond acceptors (Lipinski definition) is 5. The molecule has 0 aromatic carbocycles. The second-order valence-electron chi connectivity index (χ2n) is 7.58. The van der Waals surface area contributed by atoms with Crippen LogP contribution in [0.2, 0.25) is 0 Å². The van der Waals surface area contributed by atoms with Gasteiger partial charge in [-0.1, -0.05) is 6.07 Å². The van der Waals surface area contributed by atoms with Gasteiger partial charge in [0.25, 0.3) is 0 Å². The minimum Gasteiger partial charge on any atom is -0.441 e. The molecule has 9 heteroatoms. The van der Waals surface area contributed by atoms with Crippen molar-refractivity contribution in [2.24, 2.45) is 5.92 Å². The summed E-state index contributed by atoms with van der Waals surface area (Å²) in [5.41, 5.74) is -1.25. The predicted molar refractivity (Wildman–Crippen MR) is 100 cm³/mol. The molecule has 1 saturated carbocycles. The van der Waals surface area contributed by atoms with E-state index in [1.165, 1.54) is 6.07 Å². The average Bonchev–Trinajstić information content (AvgIpc) is 3.04. The monoisotopic (exact) mass is 406 g/mol. The Morgan fingerprint density at radius 1 is 1.17 bits per heavy atom. The van der Waals surface area contributed by atoms with E-state index in [2.05, 4.69) is 15.3 Å². The van der Waals surface area contributed by atoms with Gasteiger partial charge in [-0.2, -0.15) is 13.2 Å². The fraction of sp³-hybridized carbons (Fsp3) is 0.450. The Kier molecular flexibility index (Phi) is 5.06. The first-order valence-electron chi connectivity index (χ1n) is 9.53. The molecule has 2 aromatic rings. The van der Waals surface area contributed by atoms with Gasteiger partial charge in [-0.3, -0.25) is 4.90 Å². The molecule has 0 radical (unpaired) electrons. The number of pyridine rings is 2. The second kappa shape index (κ2) is 7.53. The molecule has 1 amide bonds. The third kappa shape index (κ3) is 4.28. The Balaban J connectivity index is 1.29. The van der Waals surface area contributed by atoms with E-state index in [1.807, 2.05) is 6.07 Å². The molecular weight excluding hydrogens is 385 g/mol. The number of amides is 1. The van der Waals surface area contributed by atoms with Crippen LogP contribution in [0.3, 0.4) is 0 Å². The zero-order valence-electron chi connectivity index (χ0n) is 15.7. The fourth-order valence-corrected chi connectivity index (χ4v) is 3.90. The van der Waals surface area contributed by atoms with Crippen LogP contribution in [0.15, 0.2) is 42.7 Å². The summed E-state index contributed by atoms with van der Waals surface area (Å²) in [5, 5.41) is 3.11. The highest BCUT2D eigenvalue weighted by Gasteiger charge is 2.47. The minimum absolute atomic E-state index is 0.340. The van der Waals surface area contributed by atoms with Gasteiger partial charge in [0.15, 0.2) is 0 Å². The maximum atomic E-state index is 12.6. The lowest BCUT2D eigenvalue weighted by Crippen LogP contribution is -2.39. The fourth-order valence-electron chi connectivity index (χ4n) is 3.90. The van der Waals surface area contributed by atoms with Crippen LogP contribution in [0.25, 0.3) is 0 Å². The molecule has 0 atom stereocenters. The van der Waals surface area contributed by atoms with Gasteiger partial charge in [0.1, 0.15) is 17.2 Å². The predicted octanol–water partition coefficient (Wildman–Crippen LogP) is 4.49. The normalized spacial score (nSPS) is 24.6. The zero-order chi connectivity index (χ0) is 20.5. The van der Waals surface area contributed by atoms with Crippen molar-refractivity contribution < 1.29 is 22.7 Å². The smallest absolute Gasteiger partial charge is 0.417 e. The maximum Gasteiger partial charge on any atom is 0.417 e. The summed E-state index contributed by atoms with van der Waals surface area (Å²) in [7, 11) is 0. The van der Waals surface area contributed by atoms with Crippen molar-refractivity contribution in [1.82, 2.24) is 9.97 Å². The molecule has 1 aliphatic heterocycles. The van der Waals surface area contributed by atoms with Crippen LogP contribution in [0.4, 0.5) is 29.6 Å². The Morgan fingerprint density at radius 3 is 2.59 bits per heavy atom. The Labute approximate surface area is 166 Å². The van der Waals surface area contributed by atoms with E-state index in [9.17, 15) is 18.0 Å². The largest absolute Gasteiger partial charge is 0.441 e. The van der Waals surface area contributed by atoms with Gasteiger partial charge in [0.2, 0.25) is 0 Å². The van der Waals surface area contributed by atoms with Gasteiger partial charge < -0.3 is 10.1 Å². The van der Waals surface area contributed by atoms with Gasteiger partial charge in [-0.25, -0.2) is 14.8 Å². The number of halogens is 3. The Bertz CT molecular complexity index is 850. The van der Waals surface area contributed by atoms with Crippen molar-refractivity contribution in [2.75, 3.05) is 23.3 Å². The highest BCUT2D eigenvalue weighted by molar-refractivity contribution is 5.89. The van der Waals surface area contributed by atoms with Crippen LogP contribution in [0.5, 0.6) is 0 Å². The van der Waals surface area contributed by atoms with Crippen molar-refractivity contribution in [3.63, 3.8) is 0 Å². The molecule has 2 aromatic heterocycles. The molecule has 29 heavy (non-hydrogen) atoms. The number of anilines is 2. The number of carbonyl (C=O) groups is 1. The van der Waals surface area contributed by atoms with Crippen molar-refractivity contribution in [3.8, 4) is 0 Å². The van der Waals surface area contributed by atoms with Gasteiger partial charge in [0.05, 0.1) is 12.1 Å². The molecule has 154 valence electrons. The van der Waals surface area contributed by atoms with Crippen LogP contribution in [-0.4, -0.2) is 34.8 Å². The van der Waals surface area contributed by atoms with Crippen molar-refractivity contribution in [2.45, 2.75) is 37.5 Å². The lowest BCUT2D eigenvalue weighted by Gasteiger charge is -2.35. The Hall–Kier alpha value is -2.84. The molecule has 1 N–H and O–H groups in total. The van der Waals surface area contributed by atoms with Crippen LogP contribution in [-0.2, 0) is 10.9 Å². The maximum absolute atomic E-state index is 12.6. The van der Waals surface area contributed by atoms with Gasteiger partial charge in [-0.15, -0.1) is 0 Å². The summed E-state index contributed by atoms with van der Waals surface area (Å²) in [5.74, 6) is 1.35. The van der Waals surface area contributed by atoms with Crippen molar-refractivity contribution in [3.05, 3.63) is 48.3 Å². The molecule has 1 aliphatic carbocycles. The van der Waals surface area contributed by atoms with E-state index < -0.39 is 17.3 Å². The summed E-state index contributed by atoms with van der Waals surface area (Å²) < 4.78 is 43.5. The van der Waals surface area contributed by atoms with Gasteiger partial charge in [-0.05, 0) is 55.9 Å². The SMILES string of the molecule is O=C1OC2(CCC(CNc3ccc(C(F)(F)F)cn3)CC2)CN1c1ccccn1. The standard InChI is InChI=1S/C20H21F3N4O2/c21-20(22,23)15-4-5-16(26-12-15)25-11-14-6-8-19(9-7-14)13-27(18(28)29-19)17-3-1-2-10-24-17/h1-5,10,12,14H,6-9,11,13H2,(H,25,26). The number of rotatable bonds is 4. The number of nitrogens with zero attached hydrogens (tertiary/aromatic N) is 3. The van der Waals surface area contributed by atoms with E-state index in [4.69, 9.17) is 4.74 Å². The molecule has 2 aliphatic rings. The highest BCUT2D eigenvalue weighted by atomic mass is 19.4. The molecule has 2 fully saturated rings. The van der Waals surface area contributed by atoms with Crippen molar-refractivity contribution >= 4 is 17.7 Å². The molecule has 0 bridgehead atoms. The molecule has 1 spiro atoms. The number of ether oxygens (including phenoxy) is 1. The lowest BCUT2D eigenvalue weighted by atomic mass is 9.78. The summed E-state index contributed by atoms with van der Waals surface area (Å²) in [6, 6.07) is 7.78. The van der Waals surface area contributed by atoms with E-state index in [1.54, 1.807) is 23.2 Å². The Morgan fingerprint density at radius 2 is 1.97 bits per heavy atom. The van der Waals surface area contributed by atoms with Crippen LogP contribution < -0.4 is 10.2 Å². The van der Waals surface area contributed by atoms with E-state index in [-0.39, 0.29) is 6.09 Å². The van der Waals surface area contributed by atoms with E-state index >= 15 is 0 Å². The third-order valence-corrected chi connectivity index (χ3v) is 5.58. The molecular formula is C20H21F3N4O2. The topological polar surface area (TPSA) is 67.3 Å². The van der Waals surface area contributed by atoms with E-state index in [0.29, 0.717) is 30.6 Å². The first-order valence-corrected chi connectivity index (χ1v) is 9.53. The molecule has 4 rings (SSSR count). The van der Waals surface area contributed by atoms with Crippen LogP contribution >= 0.6 is 0 Å². The molecule has 0 unspecified atom stereocenters. The number of alkyl halides is 3. The second-order valence-corrected chi connectivity index (χ2v) is 7.58. The molecule has 3 heterocycles. The van der Waals surface area contributed by atoms with Gasteiger partial charge in [0, 0.05) is 18.9 Å². The van der Waals surface area contributed by atoms with Crippen LogP contribution in [0, 0.1) is 5.92 Å². The van der Waals surface area contributed by atoms with Crippen molar-refractivity contribution in [1.29, 1.82) is 0 Å². The van der Waals surface area contributed by atoms with Crippen LogP contribution in [0.1, 0.15) is 31.2 Å². The highest BCUT2D eigenvalue weighted by Crippen LogP contribution is 2.40. The minimum atomic E-state index is -4.38. The first kappa shape index (κ1) is 19.5. The quantitative estimate of drug-likeness (QED) is 0.810. The third-order valence-electron chi connectivity index (χ3n) is 5.58. The van der Waals surface area contributed by atoms with Gasteiger partial charge >= 0.3 is 12.3 Å². The van der Waals surface area contributed by atoms with E-state index in [0.717, 1.165) is 37.9 Å². The number of carbonyl (C=O) groups excluding carboxylic acids is 1. The molecule has 1 saturated heterocycles. The summed E-state index contributed by atoms with van der Waals surface area (Å²) >= 11 is 0. The first-order chi connectivity index (χ1) is 13.8. The average molecular weight is 406 g/mol. The summed E-state index contributed by atoms with van der Waals surface area (Å²) in [4.78, 5) is 21.9. The zero-order valence-corrected chi connectivity index (χ0v) is 15.7. The lowest BCUT2D eigenvalue weighted by molar-refractivity contribution is -0.137. The number of nitrogens with one attached hydrogen (secondary N) is 1.